The Hall–Kier alpha value is -2.08. The molecular formula is C28H45BClFN4O5. The quantitative estimate of drug-likeness (QED) is 0.206. The van der Waals surface area contributed by atoms with Gasteiger partial charge in [-0.05, 0) is 44.1 Å². The molecule has 2 aliphatic rings. The second-order valence-corrected chi connectivity index (χ2v) is 11.5. The van der Waals surface area contributed by atoms with Crippen LogP contribution in [-0.4, -0.2) is 76.2 Å². The van der Waals surface area contributed by atoms with Crippen LogP contribution in [0.25, 0.3) is 0 Å². The van der Waals surface area contributed by atoms with Gasteiger partial charge in [0.05, 0.1) is 17.7 Å². The van der Waals surface area contributed by atoms with Gasteiger partial charge in [0.25, 0.3) is 0 Å². The number of hydrogen-bond acceptors (Lipinski definition) is 6. The molecule has 0 bridgehead atoms. The van der Waals surface area contributed by atoms with Crippen molar-refractivity contribution in [2.24, 2.45) is 11.8 Å². The molecular weight excluding hydrogens is 538 g/mol. The molecule has 12 heteroatoms. The average Bonchev–Trinajstić information content (AvgIpc) is 2.98. The first-order valence-electron chi connectivity index (χ1n) is 14.5. The van der Waals surface area contributed by atoms with Crippen molar-refractivity contribution in [2.45, 2.75) is 75.9 Å². The van der Waals surface area contributed by atoms with E-state index in [1.54, 1.807) is 24.1 Å². The van der Waals surface area contributed by atoms with Gasteiger partial charge in [-0.15, -0.1) is 0 Å². The van der Waals surface area contributed by atoms with Gasteiger partial charge in [0.1, 0.15) is 5.82 Å². The fourth-order valence-corrected chi connectivity index (χ4v) is 6.33. The predicted molar refractivity (Wildman–Crippen MR) is 155 cm³/mol. The summed E-state index contributed by atoms with van der Waals surface area (Å²) in [5, 5.41) is 21.0. The first-order valence-corrected chi connectivity index (χ1v) is 14.9. The van der Waals surface area contributed by atoms with Gasteiger partial charge < -0.3 is 35.3 Å². The second-order valence-electron chi connectivity index (χ2n) is 11.1. The van der Waals surface area contributed by atoms with Crippen LogP contribution in [0.3, 0.4) is 0 Å². The lowest BCUT2D eigenvalue weighted by molar-refractivity contribution is -0.0575. The van der Waals surface area contributed by atoms with Crippen molar-refractivity contribution >= 4 is 31.3 Å². The fraction of sp³-hybridized carbons (Fsp3) is 0.714. The number of carbonyl (C=O) groups is 2. The zero-order valence-electron chi connectivity index (χ0n) is 23.9. The number of methoxy groups -OCH3 is 1. The number of urea groups is 1. The van der Waals surface area contributed by atoms with Crippen LogP contribution >= 0.6 is 11.6 Å². The van der Waals surface area contributed by atoms with Crippen molar-refractivity contribution < 1.29 is 28.5 Å². The number of likely N-dealkylation sites (tertiary alicyclic amines) is 1. The molecule has 0 unspecified atom stereocenters. The minimum absolute atomic E-state index is 0.0680. The smallest absolute Gasteiger partial charge is 0.406 e. The number of nitrogens with one attached hydrogen (secondary N) is 3. The number of amides is 3. The van der Waals surface area contributed by atoms with E-state index in [0.29, 0.717) is 45.9 Å². The highest BCUT2D eigenvalue weighted by molar-refractivity contribution is 6.30. The van der Waals surface area contributed by atoms with E-state index >= 15 is 4.39 Å². The second kappa shape index (κ2) is 16.4. The van der Waals surface area contributed by atoms with E-state index in [9.17, 15) is 14.7 Å². The van der Waals surface area contributed by atoms with Gasteiger partial charge in [-0.2, -0.15) is 0 Å². The molecule has 1 heterocycles. The van der Waals surface area contributed by atoms with Crippen LogP contribution in [0.2, 0.25) is 5.02 Å². The minimum atomic E-state index is -1.57. The summed E-state index contributed by atoms with van der Waals surface area (Å²) in [4.78, 5) is 26.5. The number of alkyl carbamates (subject to hydrolysis) is 1. The van der Waals surface area contributed by atoms with Crippen LogP contribution in [-0.2, 0) is 15.0 Å². The Morgan fingerprint density at radius 3 is 2.70 bits per heavy atom. The van der Waals surface area contributed by atoms with Crippen molar-refractivity contribution in [2.75, 3.05) is 40.4 Å². The largest absolute Gasteiger partial charge is 0.453 e. The lowest BCUT2D eigenvalue weighted by Gasteiger charge is -2.43. The summed E-state index contributed by atoms with van der Waals surface area (Å²) in [6.45, 7) is 1.56. The van der Waals surface area contributed by atoms with Crippen LogP contribution < -0.4 is 15.9 Å². The van der Waals surface area contributed by atoms with Crippen molar-refractivity contribution in [3.05, 3.63) is 34.6 Å². The molecule has 9 nitrogen and oxygen atoms in total. The Morgan fingerprint density at radius 1 is 1.20 bits per heavy atom. The third-order valence-corrected chi connectivity index (χ3v) is 8.64. The van der Waals surface area contributed by atoms with Crippen LogP contribution in [0.15, 0.2) is 18.2 Å². The van der Waals surface area contributed by atoms with Crippen molar-refractivity contribution in [3.8, 4) is 0 Å². The lowest BCUT2D eigenvalue weighted by atomic mass is 9.74. The molecule has 0 radical (unpaired) electrons. The van der Waals surface area contributed by atoms with Crippen LogP contribution in [0, 0.1) is 17.7 Å². The standard InChI is InChI=1S/C28H45BClFN4O5/c1-39-27(37)32-15-8-14-28(38,23-12-6-13-24(30)25(23)31)21-11-7-16-35(19-21)26(36)33-18-22(34-29-40-2)17-20-9-4-3-5-10-20/h6,12-13,20-22,29,34,38H,3-5,7-11,14-19H2,1-2H3,(H,32,37)(H,33,36)/t21-,22+,28+/m1/s1. The molecule has 40 heavy (non-hydrogen) atoms. The van der Waals surface area contributed by atoms with Gasteiger partial charge in [0, 0.05) is 50.8 Å². The Bertz CT molecular complexity index is 957. The molecule has 4 N–H and O–H groups in total. The summed E-state index contributed by atoms with van der Waals surface area (Å²) in [7, 11) is 3.34. The molecule has 1 aromatic carbocycles. The van der Waals surface area contributed by atoms with Gasteiger partial charge in [0.2, 0.25) is 0 Å². The van der Waals surface area contributed by atoms with E-state index in [4.69, 9.17) is 16.3 Å². The number of nitrogens with zero attached hydrogens (tertiary/aromatic N) is 1. The zero-order chi connectivity index (χ0) is 29.0. The number of ether oxygens (including phenoxy) is 1. The number of hydrogen-bond donors (Lipinski definition) is 4. The highest BCUT2D eigenvalue weighted by atomic mass is 35.5. The summed E-state index contributed by atoms with van der Waals surface area (Å²) < 4.78 is 25.0. The third-order valence-electron chi connectivity index (χ3n) is 8.35. The number of halogens is 2. The molecule has 3 rings (SSSR count). The highest BCUT2D eigenvalue weighted by Crippen LogP contribution is 2.41. The van der Waals surface area contributed by atoms with E-state index in [2.05, 4.69) is 20.6 Å². The summed E-state index contributed by atoms with van der Waals surface area (Å²) in [6, 6.07) is 4.52. The number of aliphatic hydroxyl groups is 1. The Labute approximate surface area is 243 Å². The Kier molecular flexibility index (Phi) is 13.3. The van der Waals surface area contributed by atoms with Crippen LogP contribution in [0.1, 0.15) is 69.8 Å². The summed E-state index contributed by atoms with van der Waals surface area (Å²) >= 11 is 6.09. The van der Waals surface area contributed by atoms with Crippen molar-refractivity contribution in [1.29, 1.82) is 0 Å². The average molecular weight is 583 g/mol. The molecule has 1 saturated carbocycles. The molecule has 1 aliphatic heterocycles. The SMILES string of the molecule is COBN[C@H](CNC(=O)N1CCC[C@@H]([C@@](O)(CCCNC(=O)OC)c2cccc(Cl)c2F)C1)CC1CCCCC1. The van der Waals surface area contributed by atoms with Crippen molar-refractivity contribution in [3.63, 3.8) is 0 Å². The predicted octanol–water partition coefficient (Wildman–Crippen LogP) is 4.07. The molecule has 0 aromatic heterocycles. The van der Waals surface area contributed by atoms with Crippen LogP contribution in [0.5, 0.6) is 0 Å². The highest BCUT2D eigenvalue weighted by Gasteiger charge is 2.43. The summed E-state index contributed by atoms with van der Waals surface area (Å²) in [6.07, 6.45) is 8.55. The van der Waals surface area contributed by atoms with E-state index < -0.39 is 23.4 Å². The van der Waals surface area contributed by atoms with E-state index in [1.165, 1.54) is 45.3 Å². The summed E-state index contributed by atoms with van der Waals surface area (Å²) in [5.74, 6) is -0.428. The third kappa shape index (κ3) is 9.22. The topological polar surface area (TPSA) is 112 Å². The molecule has 1 saturated heterocycles. The van der Waals surface area contributed by atoms with Crippen LogP contribution in [0.4, 0.5) is 14.0 Å². The summed E-state index contributed by atoms with van der Waals surface area (Å²) in [5.41, 5.74) is -1.46. The van der Waals surface area contributed by atoms with Gasteiger partial charge >= 0.3 is 19.7 Å². The zero-order valence-corrected chi connectivity index (χ0v) is 24.6. The number of rotatable bonds is 13. The molecule has 224 valence electrons. The Morgan fingerprint density at radius 2 is 1.98 bits per heavy atom. The maximum absolute atomic E-state index is 15.2. The maximum Gasteiger partial charge on any atom is 0.406 e. The first kappa shape index (κ1) is 32.4. The monoisotopic (exact) mass is 582 g/mol. The number of benzene rings is 1. The van der Waals surface area contributed by atoms with E-state index in [-0.39, 0.29) is 42.2 Å². The van der Waals surface area contributed by atoms with Gasteiger partial charge in [-0.3, -0.25) is 0 Å². The van der Waals surface area contributed by atoms with E-state index in [0.717, 1.165) is 6.42 Å². The molecule has 3 amide bonds. The molecule has 3 atom stereocenters. The minimum Gasteiger partial charge on any atom is -0.453 e. The molecule has 1 aromatic rings. The molecule has 2 fully saturated rings. The van der Waals surface area contributed by atoms with Gasteiger partial charge in [-0.25, -0.2) is 14.0 Å². The molecule has 1 aliphatic carbocycles. The van der Waals surface area contributed by atoms with Gasteiger partial charge in [-0.1, -0.05) is 55.8 Å². The normalized spacial score (nSPS) is 20.3. The van der Waals surface area contributed by atoms with E-state index in [1.807, 2.05) is 0 Å². The first-order chi connectivity index (χ1) is 19.3. The number of piperidine rings is 1. The molecule has 0 spiro atoms. The van der Waals surface area contributed by atoms with Gasteiger partial charge in [0.15, 0.2) is 0 Å². The number of carbonyl (C=O) groups excluding carboxylic acids is 2. The lowest BCUT2D eigenvalue weighted by Crippen LogP contribution is -2.53. The maximum atomic E-state index is 15.2. The Balaban J connectivity index is 1.67. The fourth-order valence-electron chi connectivity index (χ4n) is 6.16. The van der Waals surface area contributed by atoms with Crippen molar-refractivity contribution in [1.82, 2.24) is 20.8 Å².